The Morgan fingerprint density at radius 2 is 1.28 bits per heavy atom. The summed E-state index contributed by atoms with van der Waals surface area (Å²) in [6.07, 6.45) is 12.1. The van der Waals surface area contributed by atoms with Crippen LogP contribution in [0.1, 0.15) is 26.7 Å². The van der Waals surface area contributed by atoms with Gasteiger partial charge in [-0.2, -0.15) is 0 Å². The van der Waals surface area contributed by atoms with Crippen LogP contribution in [0, 0.1) is 0 Å². The summed E-state index contributed by atoms with van der Waals surface area (Å²) in [5, 5.41) is 0. The Morgan fingerprint density at radius 1 is 0.889 bits per heavy atom. The van der Waals surface area contributed by atoms with Crippen molar-refractivity contribution in [3.8, 4) is 0 Å². The van der Waals surface area contributed by atoms with E-state index in [1.54, 1.807) is 11.1 Å². The molecular formula is C14H21Cl2GeZr. The molecule has 2 rings (SSSR count). The van der Waals surface area contributed by atoms with Crippen molar-refractivity contribution in [1.29, 1.82) is 0 Å². The van der Waals surface area contributed by atoms with E-state index in [9.17, 15) is 0 Å². The van der Waals surface area contributed by atoms with Crippen molar-refractivity contribution in [3.63, 3.8) is 0 Å². The molecule has 0 saturated heterocycles. The molecule has 99 valence electrons. The van der Waals surface area contributed by atoms with Gasteiger partial charge in [0.1, 0.15) is 0 Å². The first-order valence-electron chi connectivity index (χ1n) is 6.21. The van der Waals surface area contributed by atoms with Crippen molar-refractivity contribution in [2.45, 2.75) is 38.2 Å². The molecule has 0 saturated carbocycles. The zero-order valence-electron chi connectivity index (χ0n) is 11.6. The maximum Gasteiger partial charge on any atom is -1.00 e. The molecule has 0 N–H and O–H groups in total. The van der Waals surface area contributed by atoms with E-state index in [0.29, 0.717) is 0 Å². The van der Waals surface area contributed by atoms with Gasteiger partial charge in [-0.3, -0.25) is 0 Å². The Labute approximate surface area is 133 Å². The van der Waals surface area contributed by atoms with E-state index in [1.807, 2.05) is 6.56 Å². The first kappa shape index (κ1) is 19.0. The predicted molar refractivity (Wildman–Crippen MR) is 71.8 cm³/mol. The molecule has 0 aromatic rings. The van der Waals surface area contributed by atoms with Gasteiger partial charge < -0.3 is 24.8 Å². The fourth-order valence-corrected chi connectivity index (χ4v) is 37.1. The standard InChI is InChI=1S/2C6H7.C2H7Ge.2ClH.Zr/c2*1-6-4-2-3-5-6;1-3-2;;;/h2*2,4H,3H2,1H3;3H,1-2H3;2*1H;/q;;;;;+2/p-2. The van der Waals surface area contributed by atoms with Crippen LogP contribution in [0.3, 0.4) is 0 Å². The Morgan fingerprint density at radius 3 is 1.50 bits per heavy atom. The summed E-state index contributed by atoms with van der Waals surface area (Å²) in [5.41, 5.74) is 3.25. The maximum atomic E-state index is 2.62. The van der Waals surface area contributed by atoms with Crippen molar-refractivity contribution in [1.82, 2.24) is 0 Å². The molecule has 0 amide bonds. The van der Waals surface area contributed by atoms with Gasteiger partial charge in [0.25, 0.3) is 0 Å². The molecule has 0 nitrogen and oxygen atoms in total. The van der Waals surface area contributed by atoms with Crippen molar-refractivity contribution in [3.05, 3.63) is 42.0 Å². The minimum atomic E-state index is -1.35. The van der Waals surface area contributed by atoms with Crippen LogP contribution in [0.5, 0.6) is 0 Å². The summed E-state index contributed by atoms with van der Waals surface area (Å²) in [4.78, 5) is 0. The van der Waals surface area contributed by atoms with E-state index in [-0.39, 0.29) is 24.8 Å². The van der Waals surface area contributed by atoms with Gasteiger partial charge in [0.2, 0.25) is 0 Å². The molecule has 0 bridgehead atoms. The molecule has 4 heteroatoms. The van der Waals surface area contributed by atoms with Crippen molar-refractivity contribution in [2.75, 3.05) is 0 Å². The summed E-state index contributed by atoms with van der Waals surface area (Å²) in [7, 11) is -0.947. The Kier molecular flexibility index (Phi) is 8.74. The molecule has 0 spiro atoms. The number of rotatable bonds is 3. The van der Waals surface area contributed by atoms with Crippen LogP contribution < -0.4 is 24.8 Å². The smallest absolute Gasteiger partial charge is 1.00 e. The van der Waals surface area contributed by atoms with Gasteiger partial charge in [-0.1, -0.05) is 0 Å². The summed E-state index contributed by atoms with van der Waals surface area (Å²) in [6.45, 7) is 4.67. The minimum absolute atomic E-state index is 0. The zero-order chi connectivity index (χ0) is 11.7. The minimum Gasteiger partial charge on any atom is -1.00 e. The second-order valence-corrected chi connectivity index (χ2v) is 36.9. The number of allylic oxidation sites excluding steroid dienone is 8. The molecule has 0 fully saturated rings. The van der Waals surface area contributed by atoms with Gasteiger partial charge in [-0.05, 0) is 0 Å². The maximum absolute atomic E-state index is 2.62. The normalized spacial score (nSPS) is 17.4. The van der Waals surface area contributed by atoms with Crippen molar-refractivity contribution < 1.29 is 44.1 Å². The van der Waals surface area contributed by atoms with Crippen LogP contribution >= 0.6 is 0 Å². The number of halogens is 2. The fraction of sp³-hybridized carbons (Fsp3) is 0.429. The van der Waals surface area contributed by atoms with Gasteiger partial charge in [0.05, 0.1) is 0 Å². The van der Waals surface area contributed by atoms with E-state index < -0.39 is 29.8 Å². The van der Waals surface area contributed by atoms with E-state index in [1.165, 1.54) is 12.8 Å². The van der Waals surface area contributed by atoms with Gasteiger partial charge >= 0.3 is 110 Å². The van der Waals surface area contributed by atoms with Crippen LogP contribution in [0.2, 0.25) is 11.5 Å². The molecule has 2 aliphatic carbocycles. The zero-order valence-corrected chi connectivity index (χ0v) is 17.9. The van der Waals surface area contributed by atoms with Gasteiger partial charge in [0.15, 0.2) is 0 Å². The SMILES string of the molecule is CC1=[C]([Zr+2]([C]2=C(C)C=CC2)[GeH]([CH3])[CH3])CC=C1.[Cl-].[Cl-]. The Bertz CT molecular complexity index is 384. The summed E-state index contributed by atoms with van der Waals surface area (Å²) >= 11 is -1.35. The molecule has 0 atom stereocenters. The average molecular weight is 424 g/mol. The Balaban J connectivity index is 0.00000144. The largest absolute Gasteiger partial charge is 1.00 e. The molecule has 0 heterocycles. The third-order valence-electron chi connectivity index (χ3n) is 3.56. The molecule has 2 aliphatic rings. The predicted octanol–water partition coefficient (Wildman–Crippen LogP) is -1.94. The van der Waals surface area contributed by atoms with E-state index in [0.717, 1.165) is 0 Å². The summed E-state index contributed by atoms with van der Waals surface area (Å²) in [6, 6.07) is 0. The van der Waals surface area contributed by atoms with Crippen LogP contribution in [-0.4, -0.2) is 10.6 Å². The van der Waals surface area contributed by atoms with Gasteiger partial charge in [0, 0.05) is 0 Å². The quantitative estimate of drug-likeness (QED) is 0.463. The molecular weight excluding hydrogens is 403 g/mol. The molecule has 0 aromatic heterocycles. The van der Waals surface area contributed by atoms with E-state index in [2.05, 4.69) is 49.7 Å². The summed E-state index contributed by atoms with van der Waals surface area (Å²) < 4.78 is 3.85. The van der Waals surface area contributed by atoms with Crippen molar-refractivity contribution >= 4 is 10.6 Å². The topological polar surface area (TPSA) is 0 Å². The second kappa shape index (κ2) is 8.30. The Hall–Kier alpha value is 0.966. The first-order valence-corrected chi connectivity index (χ1v) is 22.1. The third kappa shape index (κ3) is 3.98. The molecule has 18 heavy (non-hydrogen) atoms. The molecule has 0 unspecified atom stereocenters. The molecule has 0 aliphatic heterocycles. The van der Waals surface area contributed by atoms with E-state index >= 15 is 0 Å². The van der Waals surface area contributed by atoms with Crippen molar-refractivity contribution in [2.24, 2.45) is 0 Å². The van der Waals surface area contributed by atoms with Crippen LogP contribution in [-0.2, 0) is 19.2 Å². The monoisotopic (exact) mass is 423 g/mol. The second-order valence-electron chi connectivity index (χ2n) is 5.10. The molecule has 0 radical (unpaired) electrons. The first-order chi connectivity index (χ1) is 7.61. The number of hydrogen-bond acceptors (Lipinski definition) is 0. The molecule has 0 aromatic carbocycles. The third-order valence-corrected chi connectivity index (χ3v) is 35.5. The summed E-state index contributed by atoms with van der Waals surface area (Å²) in [5.74, 6) is 5.25. The van der Waals surface area contributed by atoms with Gasteiger partial charge in [-0.15, -0.1) is 0 Å². The average Bonchev–Trinajstić information content (AvgIpc) is 2.79. The van der Waals surface area contributed by atoms with Crippen LogP contribution in [0.15, 0.2) is 42.0 Å². The van der Waals surface area contributed by atoms with Gasteiger partial charge in [-0.25, -0.2) is 0 Å². The van der Waals surface area contributed by atoms with Crippen LogP contribution in [0.25, 0.3) is 0 Å². The van der Waals surface area contributed by atoms with E-state index in [4.69, 9.17) is 0 Å². The number of hydrogen-bond donors (Lipinski definition) is 0. The van der Waals surface area contributed by atoms with Crippen LogP contribution in [0.4, 0.5) is 0 Å². The fourth-order valence-electron chi connectivity index (χ4n) is 2.75.